The molecule has 1 unspecified atom stereocenters. The third-order valence-electron chi connectivity index (χ3n) is 1.92. The lowest BCUT2D eigenvalue weighted by atomic mass is 10.0. The fourth-order valence-electron chi connectivity index (χ4n) is 1.34. The number of alkyl halides is 3. The second kappa shape index (κ2) is 4.18. The highest BCUT2D eigenvalue weighted by Gasteiger charge is 2.33. The summed E-state index contributed by atoms with van der Waals surface area (Å²) >= 11 is 0. The second-order valence-electron chi connectivity index (χ2n) is 3.48. The van der Waals surface area contributed by atoms with Crippen LogP contribution in [0.1, 0.15) is 18.1 Å². The lowest BCUT2D eigenvalue weighted by molar-refractivity contribution is -0.138. The summed E-state index contributed by atoms with van der Waals surface area (Å²) in [4.78, 5) is 0. The van der Waals surface area contributed by atoms with Gasteiger partial charge in [0.15, 0.2) is 0 Å². The maximum Gasteiger partial charge on any atom is 0.416 e. The quantitative estimate of drug-likeness (QED) is 0.763. The van der Waals surface area contributed by atoms with Crippen molar-refractivity contribution in [2.45, 2.75) is 25.6 Å². The van der Waals surface area contributed by atoms with Gasteiger partial charge in [-0.3, -0.25) is 0 Å². The Hall–Kier alpha value is -1.10. The van der Waals surface area contributed by atoms with Crippen LogP contribution in [0, 0.1) is 5.82 Å². The Kier molecular flexibility index (Phi) is 3.34. The molecule has 5 heteroatoms. The molecular formula is C10H11F4N. The molecule has 0 heterocycles. The van der Waals surface area contributed by atoms with Gasteiger partial charge in [-0.25, -0.2) is 4.39 Å². The second-order valence-corrected chi connectivity index (χ2v) is 3.48. The summed E-state index contributed by atoms with van der Waals surface area (Å²) in [6.07, 6.45) is -4.46. The van der Waals surface area contributed by atoms with Gasteiger partial charge in [0.05, 0.1) is 5.56 Å². The van der Waals surface area contributed by atoms with Gasteiger partial charge >= 0.3 is 6.18 Å². The lowest BCUT2D eigenvalue weighted by Gasteiger charge is -2.14. The van der Waals surface area contributed by atoms with E-state index in [1.807, 2.05) is 0 Å². The predicted molar refractivity (Wildman–Crippen MR) is 48.8 cm³/mol. The van der Waals surface area contributed by atoms with E-state index in [-0.39, 0.29) is 12.0 Å². The van der Waals surface area contributed by atoms with Crippen LogP contribution in [-0.4, -0.2) is 6.04 Å². The van der Waals surface area contributed by atoms with Gasteiger partial charge in [-0.1, -0.05) is 6.07 Å². The Morgan fingerprint density at radius 3 is 2.40 bits per heavy atom. The van der Waals surface area contributed by atoms with Crippen LogP contribution < -0.4 is 5.73 Å². The number of benzene rings is 1. The van der Waals surface area contributed by atoms with Crippen molar-refractivity contribution in [1.82, 2.24) is 0 Å². The summed E-state index contributed by atoms with van der Waals surface area (Å²) in [6, 6.07) is 2.24. The molecule has 84 valence electrons. The third-order valence-corrected chi connectivity index (χ3v) is 1.92. The Morgan fingerprint density at radius 2 is 1.93 bits per heavy atom. The van der Waals surface area contributed by atoms with Crippen molar-refractivity contribution in [2.24, 2.45) is 5.73 Å². The van der Waals surface area contributed by atoms with E-state index in [0.29, 0.717) is 6.07 Å². The predicted octanol–water partition coefficient (Wildman–Crippen LogP) is 2.73. The van der Waals surface area contributed by atoms with Crippen LogP contribution in [0.15, 0.2) is 18.2 Å². The molecule has 1 atom stereocenters. The first-order valence-corrected chi connectivity index (χ1v) is 4.42. The minimum Gasteiger partial charge on any atom is -0.328 e. The molecule has 0 amide bonds. The van der Waals surface area contributed by atoms with Gasteiger partial charge in [-0.05, 0) is 31.0 Å². The van der Waals surface area contributed by atoms with Crippen LogP contribution >= 0.6 is 0 Å². The van der Waals surface area contributed by atoms with Crippen molar-refractivity contribution in [3.63, 3.8) is 0 Å². The highest BCUT2D eigenvalue weighted by atomic mass is 19.4. The van der Waals surface area contributed by atoms with Gasteiger partial charge in [-0.15, -0.1) is 0 Å². The van der Waals surface area contributed by atoms with Crippen LogP contribution in [-0.2, 0) is 12.6 Å². The van der Waals surface area contributed by atoms with Crippen LogP contribution in [0.2, 0.25) is 0 Å². The average Bonchev–Trinajstić information content (AvgIpc) is 2.05. The standard InChI is InChI=1S/C10H11F4N/c1-6(15)4-7-2-3-8(11)5-9(7)10(12,13)14/h2-3,5-6H,4,15H2,1H3. The van der Waals surface area contributed by atoms with Gasteiger partial charge < -0.3 is 5.73 Å². The smallest absolute Gasteiger partial charge is 0.328 e. The molecule has 15 heavy (non-hydrogen) atoms. The summed E-state index contributed by atoms with van der Waals surface area (Å²) in [7, 11) is 0. The molecule has 0 spiro atoms. The molecule has 0 saturated carbocycles. The fraction of sp³-hybridized carbons (Fsp3) is 0.400. The Morgan fingerprint density at radius 1 is 1.33 bits per heavy atom. The van der Waals surface area contributed by atoms with Gasteiger partial charge in [-0.2, -0.15) is 13.2 Å². The lowest BCUT2D eigenvalue weighted by Crippen LogP contribution is -2.20. The number of hydrogen-bond donors (Lipinski definition) is 1. The molecule has 0 aliphatic rings. The molecule has 0 bridgehead atoms. The van der Waals surface area contributed by atoms with Gasteiger partial charge in [0.1, 0.15) is 5.82 Å². The first-order valence-electron chi connectivity index (χ1n) is 4.42. The monoisotopic (exact) mass is 221 g/mol. The van der Waals surface area contributed by atoms with E-state index in [9.17, 15) is 17.6 Å². The Labute approximate surface area is 84.9 Å². The third kappa shape index (κ3) is 3.20. The van der Waals surface area contributed by atoms with Crippen LogP contribution in [0.4, 0.5) is 17.6 Å². The van der Waals surface area contributed by atoms with Crippen molar-refractivity contribution in [1.29, 1.82) is 0 Å². The molecule has 1 aromatic rings. The fourth-order valence-corrected chi connectivity index (χ4v) is 1.34. The molecule has 1 aromatic carbocycles. The van der Waals surface area contributed by atoms with E-state index in [0.717, 1.165) is 12.1 Å². The first kappa shape index (κ1) is 12.0. The average molecular weight is 221 g/mol. The minimum atomic E-state index is -4.54. The molecule has 0 aliphatic heterocycles. The highest BCUT2D eigenvalue weighted by Crippen LogP contribution is 2.32. The summed E-state index contributed by atoms with van der Waals surface area (Å²) in [6.45, 7) is 1.60. The van der Waals surface area contributed by atoms with Gasteiger partial charge in [0.2, 0.25) is 0 Å². The Bertz CT molecular complexity index is 344. The molecule has 2 N–H and O–H groups in total. The highest BCUT2D eigenvalue weighted by molar-refractivity contribution is 5.31. The number of nitrogens with two attached hydrogens (primary N) is 1. The minimum absolute atomic E-state index is 0.0268. The largest absolute Gasteiger partial charge is 0.416 e. The SMILES string of the molecule is CC(N)Cc1ccc(F)cc1C(F)(F)F. The van der Waals surface area contributed by atoms with Gasteiger partial charge in [0, 0.05) is 6.04 Å². The summed E-state index contributed by atoms with van der Waals surface area (Å²) < 4.78 is 50.1. The van der Waals surface area contributed by atoms with Crippen molar-refractivity contribution >= 4 is 0 Å². The van der Waals surface area contributed by atoms with Crippen molar-refractivity contribution in [3.8, 4) is 0 Å². The van der Waals surface area contributed by atoms with Crippen molar-refractivity contribution in [2.75, 3.05) is 0 Å². The molecule has 0 saturated heterocycles. The van der Waals surface area contributed by atoms with Crippen molar-refractivity contribution in [3.05, 3.63) is 35.1 Å². The molecule has 1 rings (SSSR count). The van der Waals surface area contributed by atoms with E-state index in [1.165, 1.54) is 0 Å². The van der Waals surface area contributed by atoms with Gasteiger partial charge in [0.25, 0.3) is 0 Å². The van der Waals surface area contributed by atoms with E-state index in [4.69, 9.17) is 5.73 Å². The van der Waals surface area contributed by atoms with E-state index in [1.54, 1.807) is 6.92 Å². The summed E-state index contributed by atoms with van der Waals surface area (Å²) in [5.41, 5.74) is 4.50. The van der Waals surface area contributed by atoms with Crippen molar-refractivity contribution < 1.29 is 17.6 Å². The van der Waals surface area contributed by atoms with Crippen LogP contribution in [0.5, 0.6) is 0 Å². The zero-order valence-corrected chi connectivity index (χ0v) is 8.11. The zero-order valence-electron chi connectivity index (χ0n) is 8.11. The maximum atomic E-state index is 12.7. The summed E-state index contributed by atoms with van der Waals surface area (Å²) in [5.74, 6) is -0.893. The number of rotatable bonds is 2. The molecule has 0 fully saturated rings. The number of halogens is 4. The Balaban J connectivity index is 3.15. The molecule has 1 nitrogen and oxygen atoms in total. The molecule has 0 radical (unpaired) electrons. The molecule has 0 aromatic heterocycles. The van der Waals surface area contributed by atoms with E-state index in [2.05, 4.69) is 0 Å². The van der Waals surface area contributed by atoms with Crippen LogP contribution in [0.3, 0.4) is 0 Å². The molecular weight excluding hydrogens is 210 g/mol. The maximum absolute atomic E-state index is 12.7. The topological polar surface area (TPSA) is 26.0 Å². The first-order chi connectivity index (χ1) is 6.80. The molecule has 0 aliphatic carbocycles. The normalized spacial score (nSPS) is 14.0. The summed E-state index contributed by atoms with van der Waals surface area (Å²) in [5, 5.41) is 0. The number of hydrogen-bond acceptors (Lipinski definition) is 1. The van der Waals surface area contributed by atoms with E-state index < -0.39 is 23.6 Å². The van der Waals surface area contributed by atoms with E-state index >= 15 is 0 Å². The zero-order chi connectivity index (χ0) is 11.6. The van der Waals surface area contributed by atoms with Crippen LogP contribution in [0.25, 0.3) is 0 Å².